The van der Waals surface area contributed by atoms with E-state index in [1.54, 1.807) is 0 Å². The summed E-state index contributed by atoms with van der Waals surface area (Å²) in [6.07, 6.45) is 3.00. The molecule has 4 heteroatoms. The maximum Gasteiger partial charge on any atom is 0.110 e. The van der Waals surface area contributed by atoms with Gasteiger partial charge in [-0.25, -0.2) is 0 Å². The lowest BCUT2D eigenvalue weighted by Gasteiger charge is -2.45. The highest BCUT2D eigenvalue weighted by Gasteiger charge is 2.37. The van der Waals surface area contributed by atoms with Crippen LogP contribution in [0.2, 0.25) is 0 Å². The van der Waals surface area contributed by atoms with Crippen molar-refractivity contribution in [1.29, 1.82) is 0 Å². The van der Waals surface area contributed by atoms with Gasteiger partial charge in [-0.15, -0.1) is 0 Å². The van der Waals surface area contributed by atoms with Crippen molar-refractivity contribution in [3.05, 3.63) is 0 Å². The van der Waals surface area contributed by atoms with Gasteiger partial charge in [-0.2, -0.15) is 0 Å². The second-order valence-electron chi connectivity index (χ2n) is 4.94. The summed E-state index contributed by atoms with van der Waals surface area (Å²) in [4.78, 5) is 2.65. The van der Waals surface area contributed by atoms with E-state index in [9.17, 15) is 0 Å². The molecule has 1 heterocycles. The summed E-state index contributed by atoms with van der Waals surface area (Å²) in [5, 5.41) is 2.49. The van der Waals surface area contributed by atoms with Crippen molar-refractivity contribution in [2.45, 2.75) is 50.9 Å². The molecular formula is C10H20IN2O+. The summed E-state index contributed by atoms with van der Waals surface area (Å²) in [7, 11) is 0. The van der Waals surface area contributed by atoms with E-state index < -0.39 is 0 Å². The first-order valence-corrected chi connectivity index (χ1v) is 6.43. The predicted octanol–water partition coefficient (Wildman–Crippen LogP) is 0.540. The van der Waals surface area contributed by atoms with Crippen LogP contribution in [-0.2, 0) is 3.07 Å². The quantitative estimate of drug-likeness (QED) is 0.754. The molecule has 2 rings (SSSR count). The Morgan fingerprint density at radius 2 is 1.79 bits per heavy atom. The van der Waals surface area contributed by atoms with Crippen molar-refractivity contribution in [2.24, 2.45) is 0 Å². The molecule has 1 aliphatic heterocycles. The number of nitrogens with two attached hydrogens (primary N) is 1. The topological polar surface area (TPSA) is 29.1 Å². The van der Waals surface area contributed by atoms with Crippen LogP contribution in [0.3, 0.4) is 0 Å². The number of halogens is 1. The molecule has 0 spiro atoms. The molecule has 1 saturated heterocycles. The third kappa shape index (κ3) is 2.40. The molecule has 2 N–H and O–H groups in total. The summed E-state index contributed by atoms with van der Waals surface area (Å²) in [5.41, 5.74) is 0. The molecule has 14 heavy (non-hydrogen) atoms. The largest absolute Gasteiger partial charge is 0.340 e. The molecule has 2 atom stereocenters. The third-order valence-electron chi connectivity index (χ3n) is 3.41. The molecule has 0 amide bonds. The van der Waals surface area contributed by atoms with E-state index in [2.05, 4.69) is 24.1 Å². The number of nitrogens with zero attached hydrogens (tertiary/aromatic N) is 1. The standard InChI is InChI=1S/C10H19IN2O/c1-7-5-13(6-8(2)12-7)9-3-10(4-9)14-11/h7-10,12H,3-6H2,1-2H3/p+1/t7-,8+,9?,10?. The molecule has 1 aliphatic carbocycles. The van der Waals surface area contributed by atoms with Crippen molar-refractivity contribution in [3.63, 3.8) is 0 Å². The van der Waals surface area contributed by atoms with Crippen LogP contribution < -0.4 is 5.32 Å². The Morgan fingerprint density at radius 1 is 1.21 bits per heavy atom. The average molecular weight is 311 g/mol. The molecule has 0 aromatic rings. The van der Waals surface area contributed by atoms with Crippen LogP contribution in [0.5, 0.6) is 0 Å². The molecule has 2 aliphatic rings. The first-order valence-electron chi connectivity index (χ1n) is 5.55. The highest BCUT2D eigenvalue weighted by molar-refractivity contribution is 14.1. The van der Waals surface area contributed by atoms with Gasteiger partial charge in [-0.1, -0.05) is 0 Å². The summed E-state index contributed by atoms with van der Waals surface area (Å²) < 4.78 is 5.30. The van der Waals surface area contributed by atoms with Crippen molar-refractivity contribution < 1.29 is 8.38 Å². The van der Waals surface area contributed by atoms with E-state index in [4.69, 9.17) is 3.07 Å². The van der Waals surface area contributed by atoms with Crippen molar-refractivity contribution >= 4 is 23.0 Å². The Labute approximate surface area is 100 Å². The zero-order chi connectivity index (χ0) is 10.1. The number of hydrogen-bond acceptors (Lipinski definition) is 2. The fourth-order valence-electron chi connectivity index (χ4n) is 2.70. The molecule has 0 bridgehead atoms. The van der Waals surface area contributed by atoms with E-state index >= 15 is 0 Å². The molecule has 3 nitrogen and oxygen atoms in total. The van der Waals surface area contributed by atoms with Gasteiger partial charge in [-0.3, -0.25) is 4.90 Å². The van der Waals surface area contributed by atoms with Crippen molar-refractivity contribution in [3.8, 4) is 0 Å². The Hall–Kier alpha value is 0.610. The Kier molecular flexibility index (Phi) is 3.68. The lowest BCUT2D eigenvalue weighted by atomic mass is 9.87. The van der Waals surface area contributed by atoms with Gasteiger partial charge in [0, 0.05) is 6.04 Å². The third-order valence-corrected chi connectivity index (χ3v) is 4.13. The van der Waals surface area contributed by atoms with E-state index in [0.29, 0.717) is 6.10 Å². The first-order chi connectivity index (χ1) is 6.69. The fraction of sp³-hybridized carbons (Fsp3) is 1.00. The minimum absolute atomic E-state index is 0.525. The van der Waals surface area contributed by atoms with Crippen molar-refractivity contribution in [2.75, 3.05) is 13.1 Å². The first kappa shape index (κ1) is 11.1. The van der Waals surface area contributed by atoms with Crippen LogP contribution in [0.4, 0.5) is 0 Å². The Bertz CT molecular complexity index is 187. The Balaban J connectivity index is 1.81. The molecular weight excluding hydrogens is 291 g/mol. The molecule has 82 valence electrons. The summed E-state index contributed by atoms with van der Waals surface area (Å²) >= 11 is 2.03. The number of hydrogen-bond donors (Lipinski definition) is 1. The SMILES string of the molecule is C[C@@H]1CN(C2CC(OI)C2)C[C@H](C)[NH2+]1. The van der Waals surface area contributed by atoms with Gasteiger partial charge in [0.25, 0.3) is 0 Å². The Morgan fingerprint density at radius 3 is 2.29 bits per heavy atom. The number of quaternary nitrogens is 1. The number of piperazine rings is 1. The second kappa shape index (κ2) is 4.63. The second-order valence-corrected chi connectivity index (χ2v) is 5.45. The highest BCUT2D eigenvalue weighted by atomic mass is 127. The van der Waals surface area contributed by atoms with Crippen LogP contribution >= 0.6 is 23.0 Å². The molecule has 0 radical (unpaired) electrons. The van der Waals surface area contributed by atoms with Gasteiger partial charge >= 0.3 is 0 Å². The molecule has 0 aromatic heterocycles. The maximum atomic E-state index is 5.30. The zero-order valence-corrected chi connectivity index (χ0v) is 11.1. The van der Waals surface area contributed by atoms with E-state index in [-0.39, 0.29) is 0 Å². The monoisotopic (exact) mass is 311 g/mol. The van der Waals surface area contributed by atoms with Gasteiger partial charge in [0.15, 0.2) is 0 Å². The average Bonchev–Trinajstić information content (AvgIpc) is 2.00. The lowest BCUT2D eigenvalue weighted by Crippen LogP contribution is -2.99. The zero-order valence-electron chi connectivity index (χ0n) is 8.95. The molecule has 0 aromatic carbocycles. The van der Waals surface area contributed by atoms with Gasteiger partial charge in [-0.05, 0) is 26.7 Å². The predicted molar refractivity (Wildman–Crippen MR) is 64.3 cm³/mol. The maximum absolute atomic E-state index is 5.30. The van der Waals surface area contributed by atoms with Gasteiger partial charge in [0.1, 0.15) is 23.0 Å². The minimum Gasteiger partial charge on any atom is -0.340 e. The van der Waals surface area contributed by atoms with Crippen LogP contribution in [0.1, 0.15) is 26.7 Å². The number of rotatable bonds is 2. The van der Waals surface area contributed by atoms with Crippen molar-refractivity contribution in [1.82, 2.24) is 4.90 Å². The van der Waals surface area contributed by atoms with Crippen LogP contribution in [-0.4, -0.2) is 42.2 Å². The van der Waals surface area contributed by atoms with Crippen LogP contribution in [0, 0.1) is 0 Å². The van der Waals surface area contributed by atoms with Gasteiger partial charge in [0.05, 0.1) is 31.3 Å². The molecule has 0 unspecified atom stereocenters. The van der Waals surface area contributed by atoms with Gasteiger partial charge < -0.3 is 8.38 Å². The summed E-state index contributed by atoms with van der Waals surface area (Å²) in [6, 6.07) is 2.32. The highest BCUT2D eigenvalue weighted by Crippen LogP contribution is 2.30. The molecule has 1 saturated carbocycles. The fourth-order valence-corrected chi connectivity index (χ4v) is 3.12. The smallest absolute Gasteiger partial charge is 0.110 e. The minimum atomic E-state index is 0.525. The normalized spacial score (nSPS) is 44.8. The van der Waals surface area contributed by atoms with E-state index in [1.807, 2.05) is 23.0 Å². The lowest BCUT2D eigenvalue weighted by molar-refractivity contribution is -0.725. The molecule has 2 fully saturated rings. The van der Waals surface area contributed by atoms with Crippen LogP contribution in [0.15, 0.2) is 0 Å². The summed E-state index contributed by atoms with van der Waals surface area (Å²) in [6.45, 7) is 7.16. The van der Waals surface area contributed by atoms with E-state index in [1.165, 1.54) is 25.9 Å². The van der Waals surface area contributed by atoms with Gasteiger partial charge in [0.2, 0.25) is 0 Å². The van der Waals surface area contributed by atoms with Crippen LogP contribution in [0.25, 0.3) is 0 Å². The summed E-state index contributed by atoms with van der Waals surface area (Å²) in [5.74, 6) is 0. The van der Waals surface area contributed by atoms with E-state index in [0.717, 1.165) is 18.1 Å².